The Kier molecular flexibility index (Phi) is 4.54. The van der Waals surface area contributed by atoms with Crippen LogP contribution in [0, 0.1) is 0 Å². The third-order valence-corrected chi connectivity index (χ3v) is 2.91. The number of nitrogens with two attached hydrogens (primary N) is 1. The Morgan fingerprint density at radius 1 is 1.40 bits per heavy atom. The largest absolute Gasteiger partial charge is 0.492 e. The maximum Gasteiger partial charge on any atom is 0.211 e. The Morgan fingerprint density at radius 2 is 2.20 bits per heavy atom. The van der Waals surface area contributed by atoms with Gasteiger partial charge in [-0.2, -0.15) is 5.10 Å². The number of hydrogen-bond acceptors (Lipinski definition) is 6. The summed E-state index contributed by atoms with van der Waals surface area (Å²) in [7, 11) is 3.41. The highest BCUT2D eigenvalue weighted by atomic mass is 16.5. The Labute approximate surface area is 117 Å². The van der Waals surface area contributed by atoms with E-state index in [-0.39, 0.29) is 6.04 Å². The molecule has 0 saturated heterocycles. The minimum absolute atomic E-state index is 0.280. The molecule has 3 N–H and O–H groups in total. The molecule has 0 fully saturated rings. The molecule has 0 amide bonds. The molecule has 2 aromatic heterocycles. The van der Waals surface area contributed by atoms with Gasteiger partial charge in [0.1, 0.15) is 5.75 Å². The molecule has 0 bridgehead atoms. The van der Waals surface area contributed by atoms with Crippen molar-refractivity contribution < 1.29 is 9.47 Å². The van der Waals surface area contributed by atoms with Crippen LogP contribution < -0.4 is 20.7 Å². The summed E-state index contributed by atoms with van der Waals surface area (Å²) in [6.07, 6.45) is 3.40. The van der Waals surface area contributed by atoms with E-state index in [1.807, 2.05) is 26.1 Å². The van der Waals surface area contributed by atoms with Crippen LogP contribution in [0.25, 0.3) is 0 Å². The quantitative estimate of drug-likeness (QED) is 0.599. The van der Waals surface area contributed by atoms with Crippen LogP contribution in [-0.2, 0) is 7.05 Å². The zero-order chi connectivity index (χ0) is 14.5. The van der Waals surface area contributed by atoms with E-state index < -0.39 is 0 Å². The van der Waals surface area contributed by atoms with Gasteiger partial charge in [0.15, 0.2) is 0 Å². The van der Waals surface area contributed by atoms with Gasteiger partial charge in [-0.25, -0.2) is 10.1 Å². The first-order valence-electron chi connectivity index (χ1n) is 6.31. The molecule has 0 aliphatic carbocycles. The number of nitrogens with one attached hydrogen (secondary N) is 1. The lowest BCUT2D eigenvalue weighted by atomic mass is 10.1. The summed E-state index contributed by atoms with van der Waals surface area (Å²) >= 11 is 0. The van der Waals surface area contributed by atoms with Crippen molar-refractivity contribution in [2.45, 2.75) is 13.0 Å². The zero-order valence-electron chi connectivity index (χ0n) is 11.8. The van der Waals surface area contributed by atoms with Crippen LogP contribution >= 0.6 is 0 Å². The van der Waals surface area contributed by atoms with Crippen LogP contribution in [0.2, 0.25) is 0 Å². The van der Waals surface area contributed by atoms with E-state index in [1.165, 1.54) is 0 Å². The first-order chi connectivity index (χ1) is 9.69. The topological polar surface area (TPSA) is 87.2 Å². The molecule has 2 heterocycles. The zero-order valence-corrected chi connectivity index (χ0v) is 11.8. The molecule has 0 radical (unpaired) electrons. The number of hydrogen-bond donors (Lipinski definition) is 2. The molecular formula is C13H19N5O2. The fourth-order valence-electron chi connectivity index (χ4n) is 1.99. The monoisotopic (exact) mass is 277 g/mol. The molecule has 0 aromatic carbocycles. The molecule has 2 aromatic rings. The Morgan fingerprint density at radius 3 is 2.80 bits per heavy atom. The van der Waals surface area contributed by atoms with Crippen molar-refractivity contribution in [1.29, 1.82) is 0 Å². The number of aromatic nitrogens is 3. The van der Waals surface area contributed by atoms with E-state index in [2.05, 4.69) is 15.5 Å². The first-order valence-corrected chi connectivity index (χ1v) is 6.31. The van der Waals surface area contributed by atoms with Crippen LogP contribution in [0.15, 0.2) is 24.5 Å². The average molecular weight is 277 g/mol. The maximum atomic E-state index is 5.65. The summed E-state index contributed by atoms with van der Waals surface area (Å²) in [5.74, 6) is 7.02. The second kappa shape index (κ2) is 6.36. The number of methoxy groups -OCH3 is 1. The predicted molar refractivity (Wildman–Crippen MR) is 74.3 cm³/mol. The molecular weight excluding hydrogens is 258 g/mol. The van der Waals surface area contributed by atoms with Crippen LogP contribution in [0.3, 0.4) is 0 Å². The van der Waals surface area contributed by atoms with Crippen molar-refractivity contribution in [3.05, 3.63) is 35.8 Å². The standard InChI is InChI=1S/C13H19N5O2/c1-4-20-10-5-9(7-15-8-10)13(16-14)11-6-12(19-3)18(2)17-11/h5-8,13,16H,4,14H2,1-3H3. The minimum atomic E-state index is -0.280. The lowest BCUT2D eigenvalue weighted by molar-refractivity contribution is 0.338. The summed E-state index contributed by atoms with van der Waals surface area (Å²) in [4.78, 5) is 4.16. The summed E-state index contributed by atoms with van der Waals surface area (Å²) in [5.41, 5.74) is 4.37. The lowest BCUT2D eigenvalue weighted by Gasteiger charge is -2.14. The number of rotatable bonds is 6. The Hall–Kier alpha value is -2.12. The van der Waals surface area contributed by atoms with E-state index in [4.69, 9.17) is 15.3 Å². The van der Waals surface area contributed by atoms with Gasteiger partial charge >= 0.3 is 0 Å². The van der Waals surface area contributed by atoms with Crippen molar-refractivity contribution in [2.75, 3.05) is 13.7 Å². The average Bonchev–Trinajstić information content (AvgIpc) is 2.81. The molecule has 108 valence electrons. The SMILES string of the molecule is CCOc1cncc(C(NN)c2cc(OC)n(C)n2)c1. The number of ether oxygens (including phenoxy) is 2. The highest BCUT2D eigenvalue weighted by Gasteiger charge is 2.18. The van der Waals surface area contributed by atoms with Gasteiger partial charge in [0, 0.05) is 19.3 Å². The first kappa shape index (κ1) is 14.3. The molecule has 1 unspecified atom stereocenters. The van der Waals surface area contributed by atoms with Gasteiger partial charge in [-0.15, -0.1) is 0 Å². The fraction of sp³-hybridized carbons (Fsp3) is 0.385. The van der Waals surface area contributed by atoms with Gasteiger partial charge in [-0.1, -0.05) is 0 Å². The van der Waals surface area contributed by atoms with E-state index in [1.54, 1.807) is 24.2 Å². The van der Waals surface area contributed by atoms with Crippen molar-refractivity contribution >= 4 is 0 Å². The molecule has 7 heteroatoms. The molecule has 0 aliphatic heterocycles. The van der Waals surface area contributed by atoms with Crippen molar-refractivity contribution in [2.24, 2.45) is 12.9 Å². The molecule has 7 nitrogen and oxygen atoms in total. The van der Waals surface area contributed by atoms with Gasteiger partial charge in [-0.3, -0.25) is 10.8 Å². The molecule has 0 aliphatic rings. The van der Waals surface area contributed by atoms with Gasteiger partial charge in [-0.05, 0) is 18.6 Å². The maximum absolute atomic E-state index is 5.65. The van der Waals surface area contributed by atoms with E-state index >= 15 is 0 Å². The second-order valence-electron chi connectivity index (χ2n) is 4.22. The Bertz CT molecular complexity index is 570. The highest BCUT2D eigenvalue weighted by Crippen LogP contribution is 2.25. The number of nitrogens with zero attached hydrogens (tertiary/aromatic N) is 3. The van der Waals surface area contributed by atoms with Crippen LogP contribution in [0.1, 0.15) is 24.2 Å². The van der Waals surface area contributed by atoms with Crippen molar-refractivity contribution in [3.8, 4) is 11.6 Å². The summed E-state index contributed by atoms with van der Waals surface area (Å²) in [6, 6.07) is 3.44. The van der Waals surface area contributed by atoms with Crippen LogP contribution in [0.4, 0.5) is 0 Å². The van der Waals surface area contributed by atoms with Crippen LogP contribution in [-0.4, -0.2) is 28.5 Å². The Balaban J connectivity index is 2.33. The van der Waals surface area contributed by atoms with Crippen molar-refractivity contribution in [1.82, 2.24) is 20.2 Å². The minimum Gasteiger partial charge on any atom is -0.492 e. The molecule has 2 rings (SSSR count). The van der Waals surface area contributed by atoms with E-state index in [9.17, 15) is 0 Å². The third-order valence-electron chi connectivity index (χ3n) is 2.91. The normalized spacial score (nSPS) is 12.2. The van der Waals surface area contributed by atoms with E-state index in [0.29, 0.717) is 18.2 Å². The smallest absolute Gasteiger partial charge is 0.211 e. The van der Waals surface area contributed by atoms with Gasteiger partial charge in [0.25, 0.3) is 0 Å². The molecule has 0 spiro atoms. The second-order valence-corrected chi connectivity index (χ2v) is 4.22. The lowest BCUT2D eigenvalue weighted by Crippen LogP contribution is -2.29. The van der Waals surface area contributed by atoms with Gasteiger partial charge < -0.3 is 9.47 Å². The summed E-state index contributed by atoms with van der Waals surface area (Å²) < 4.78 is 12.3. The number of aryl methyl sites for hydroxylation is 1. The highest BCUT2D eigenvalue weighted by molar-refractivity contribution is 5.32. The van der Waals surface area contributed by atoms with Crippen LogP contribution in [0.5, 0.6) is 11.6 Å². The number of pyridine rings is 1. The van der Waals surface area contributed by atoms with Crippen molar-refractivity contribution in [3.63, 3.8) is 0 Å². The van der Waals surface area contributed by atoms with Gasteiger partial charge in [0.05, 0.1) is 31.6 Å². The summed E-state index contributed by atoms with van der Waals surface area (Å²) in [6.45, 7) is 2.51. The molecule has 1 atom stereocenters. The van der Waals surface area contributed by atoms with E-state index in [0.717, 1.165) is 11.3 Å². The predicted octanol–water partition coefficient (Wildman–Crippen LogP) is 0.775. The molecule has 0 saturated carbocycles. The third kappa shape index (κ3) is 2.89. The fourth-order valence-corrected chi connectivity index (χ4v) is 1.99. The number of hydrazine groups is 1. The molecule has 20 heavy (non-hydrogen) atoms. The summed E-state index contributed by atoms with van der Waals surface area (Å²) in [5, 5.41) is 4.39. The van der Waals surface area contributed by atoms with Gasteiger partial charge in [0.2, 0.25) is 5.88 Å².